The molecule has 1 N–H and O–H groups in total. The predicted octanol–water partition coefficient (Wildman–Crippen LogP) is 3.25. The molecule has 18 heavy (non-hydrogen) atoms. The fourth-order valence-electron chi connectivity index (χ4n) is 3.54. The molecule has 2 nitrogen and oxygen atoms in total. The summed E-state index contributed by atoms with van der Waals surface area (Å²) in [5.74, 6) is 1.81. The summed E-state index contributed by atoms with van der Waals surface area (Å²) in [7, 11) is 0. The third-order valence-electron chi connectivity index (χ3n) is 4.67. The van der Waals surface area contributed by atoms with Crippen LogP contribution in [0.25, 0.3) is 0 Å². The average Bonchev–Trinajstić information content (AvgIpc) is 2.77. The van der Waals surface area contributed by atoms with Gasteiger partial charge in [0.05, 0.1) is 6.61 Å². The SMILES string of the molecule is CCOc1ccc(C2CCC3(CNC3)C2)cc1C. The minimum atomic E-state index is 0.636. The first kappa shape index (κ1) is 12.0. The average molecular weight is 245 g/mol. The normalized spacial score (nSPS) is 25.1. The van der Waals surface area contributed by atoms with E-state index < -0.39 is 0 Å². The number of rotatable bonds is 3. The zero-order valence-electron chi connectivity index (χ0n) is 11.5. The van der Waals surface area contributed by atoms with E-state index in [9.17, 15) is 0 Å². The Balaban J connectivity index is 1.75. The second-order valence-electron chi connectivity index (χ2n) is 6.00. The zero-order valence-corrected chi connectivity index (χ0v) is 11.5. The standard InChI is InChI=1S/C16H23NO/c1-3-18-15-5-4-13(8-12(15)2)14-6-7-16(9-14)10-17-11-16/h4-5,8,14,17H,3,6-7,9-11H2,1-2H3. The van der Waals surface area contributed by atoms with Gasteiger partial charge in [-0.25, -0.2) is 0 Å². The summed E-state index contributed by atoms with van der Waals surface area (Å²) < 4.78 is 5.62. The molecule has 1 aromatic carbocycles. The van der Waals surface area contributed by atoms with Crippen LogP contribution in [0.4, 0.5) is 0 Å². The van der Waals surface area contributed by atoms with E-state index >= 15 is 0 Å². The zero-order chi connectivity index (χ0) is 12.6. The highest BCUT2D eigenvalue weighted by Gasteiger charge is 2.43. The Morgan fingerprint density at radius 3 is 2.78 bits per heavy atom. The van der Waals surface area contributed by atoms with Crippen molar-refractivity contribution in [1.82, 2.24) is 5.32 Å². The van der Waals surface area contributed by atoms with Crippen molar-refractivity contribution in [2.75, 3.05) is 19.7 Å². The van der Waals surface area contributed by atoms with Crippen molar-refractivity contribution < 1.29 is 4.74 Å². The van der Waals surface area contributed by atoms with Crippen LogP contribution in [0.5, 0.6) is 5.75 Å². The molecule has 1 saturated heterocycles. The molecule has 1 spiro atoms. The lowest BCUT2D eigenvalue weighted by Gasteiger charge is -2.39. The Kier molecular flexibility index (Phi) is 3.06. The minimum Gasteiger partial charge on any atom is -0.494 e. The Labute approximate surface area is 110 Å². The summed E-state index contributed by atoms with van der Waals surface area (Å²) >= 11 is 0. The monoisotopic (exact) mass is 245 g/mol. The fraction of sp³-hybridized carbons (Fsp3) is 0.625. The molecule has 0 bridgehead atoms. The number of hydrogen-bond acceptors (Lipinski definition) is 2. The maximum absolute atomic E-state index is 5.62. The molecular formula is C16H23NO. The van der Waals surface area contributed by atoms with Gasteiger partial charge in [-0.15, -0.1) is 0 Å². The van der Waals surface area contributed by atoms with Crippen LogP contribution >= 0.6 is 0 Å². The van der Waals surface area contributed by atoms with Crippen LogP contribution in [0.15, 0.2) is 18.2 Å². The van der Waals surface area contributed by atoms with Crippen molar-refractivity contribution >= 4 is 0 Å². The van der Waals surface area contributed by atoms with Crippen molar-refractivity contribution in [3.8, 4) is 5.75 Å². The lowest BCUT2D eigenvalue weighted by molar-refractivity contribution is 0.175. The van der Waals surface area contributed by atoms with Crippen molar-refractivity contribution in [1.29, 1.82) is 0 Å². The van der Waals surface area contributed by atoms with Crippen molar-refractivity contribution in [2.45, 2.75) is 39.0 Å². The van der Waals surface area contributed by atoms with Crippen LogP contribution in [-0.2, 0) is 0 Å². The summed E-state index contributed by atoms with van der Waals surface area (Å²) in [6.07, 6.45) is 4.12. The third-order valence-corrected chi connectivity index (χ3v) is 4.67. The number of ether oxygens (including phenoxy) is 1. The number of hydrogen-bond donors (Lipinski definition) is 1. The van der Waals surface area contributed by atoms with Crippen LogP contribution in [0.2, 0.25) is 0 Å². The summed E-state index contributed by atoms with van der Waals surface area (Å²) in [6.45, 7) is 7.42. The Morgan fingerprint density at radius 2 is 2.22 bits per heavy atom. The van der Waals surface area contributed by atoms with Gasteiger partial charge in [0.25, 0.3) is 0 Å². The van der Waals surface area contributed by atoms with Crippen molar-refractivity contribution in [3.05, 3.63) is 29.3 Å². The molecule has 1 saturated carbocycles. The number of aryl methyl sites for hydroxylation is 1. The van der Waals surface area contributed by atoms with Gasteiger partial charge in [-0.05, 0) is 61.6 Å². The maximum Gasteiger partial charge on any atom is 0.122 e. The minimum absolute atomic E-state index is 0.636. The first-order chi connectivity index (χ1) is 8.72. The van der Waals surface area contributed by atoms with E-state index in [0.717, 1.165) is 18.3 Å². The van der Waals surface area contributed by atoms with Gasteiger partial charge < -0.3 is 10.1 Å². The van der Waals surface area contributed by atoms with Crippen molar-refractivity contribution in [3.63, 3.8) is 0 Å². The molecule has 1 unspecified atom stereocenters. The molecule has 1 aliphatic heterocycles. The smallest absolute Gasteiger partial charge is 0.122 e. The Morgan fingerprint density at radius 1 is 1.39 bits per heavy atom. The molecule has 2 fully saturated rings. The Hall–Kier alpha value is -1.02. The highest BCUT2D eigenvalue weighted by molar-refractivity contribution is 5.38. The second kappa shape index (κ2) is 4.58. The van der Waals surface area contributed by atoms with Gasteiger partial charge in [0.1, 0.15) is 5.75 Å². The van der Waals surface area contributed by atoms with Gasteiger partial charge in [-0.2, -0.15) is 0 Å². The summed E-state index contributed by atoms with van der Waals surface area (Å²) in [5, 5.41) is 3.43. The van der Waals surface area contributed by atoms with Crippen LogP contribution in [-0.4, -0.2) is 19.7 Å². The molecule has 2 aliphatic rings. The van der Waals surface area contributed by atoms with E-state index in [0.29, 0.717) is 5.41 Å². The van der Waals surface area contributed by atoms with E-state index in [1.807, 2.05) is 6.92 Å². The van der Waals surface area contributed by atoms with Crippen LogP contribution in [0.1, 0.15) is 43.2 Å². The number of nitrogens with one attached hydrogen (secondary N) is 1. The molecule has 1 aliphatic carbocycles. The van der Waals surface area contributed by atoms with Crippen LogP contribution < -0.4 is 10.1 Å². The largest absolute Gasteiger partial charge is 0.494 e. The highest BCUT2D eigenvalue weighted by atomic mass is 16.5. The lowest BCUT2D eigenvalue weighted by Crippen LogP contribution is -2.51. The lowest BCUT2D eigenvalue weighted by atomic mass is 9.79. The molecule has 2 heteroatoms. The predicted molar refractivity (Wildman–Crippen MR) is 74.2 cm³/mol. The number of benzene rings is 1. The quantitative estimate of drug-likeness (QED) is 0.882. The van der Waals surface area contributed by atoms with E-state index in [4.69, 9.17) is 4.74 Å². The molecule has 0 radical (unpaired) electrons. The van der Waals surface area contributed by atoms with Gasteiger partial charge in [0.15, 0.2) is 0 Å². The van der Waals surface area contributed by atoms with E-state index in [1.165, 1.54) is 43.5 Å². The first-order valence-electron chi connectivity index (χ1n) is 7.16. The molecule has 3 rings (SSSR count). The topological polar surface area (TPSA) is 21.3 Å². The summed E-state index contributed by atoms with van der Waals surface area (Å²) in [6, 6.07) is 6.76. The third kappa shape index (κ3) is 2.03. The fourth-order valence-corrected chi connectivity index (χ4v) is 3.54. The summed E-state index contributed by atoms with van der Waals surface area (Å²) in [4.78, 5) is 0. The van der Waals surface area contributed by atoms with Crippen LogP contribution in [0, 0.1) is 12.3 Å². The molecular weight excluding hydrogens is 222 g/mol. The molecule has 0 amide bonds. The molecule has 1 aromatic rings. The van der Waals surface area contributed by atoms with Gasteiger partial charge >= 0.3 is 0 Å². The summed E-state index contributed by atoms with van der Waals surface area (Å²) in [5.41, 5.74) is 3.43. The maximum atomic E-state index is 5.62. The van der Waals surface area contributed by atoms with E-state index in [1.54, 1.807) is 0 Å². The van der Waals surface area contributed by atoms with Gasteiger partial charge in [-0.3, -0.25) is 0 Å². The van der Waals surface area contributed by atoms with Crippen LogP contribution in [0.3, 0.4) is 0 Å². The second-order valence-corrected chi connectivity index (χ2v) is 6.00. The van der Waals surface area contributed by atoms with Gasteiger partial charge in [0.2, 0.25) is 0 Å². The first-order valence-corrected chi connectivity index (χ1v) is 7.16. The molecule has 1 atom stereocenters. The molecule has 1 heterocycles. The molecule has 0 aromatic heterocycles. The van der Waals surface area contributed by atoms with Gasteiger partial charge in [-0.1, -0.05) is 12.1 Å². The van der Waals surface area contributed by atoms with Crippen molar-refractivity contribution in [2.24, 2.45) is 5.41 Å². The molecule has 98 valence electrons. The van der Waals surface area contributed by atoms with Gasteiger partial charge in [0, 0.05) is 13.1 Å². The highest BCUT2D eigenvalue weighted by Crippen LogP contribution is 2.49. The Bertz CT molecular complexity index is 437. The van der Waals surface area contributed by atoms with E-state index in [2.05, 4.69) is 30.4 Å². The van der Waals surface area contributed by atoms with E-state index in [-0.39, 0.29) is 0 Å².